The Morgan fingerprint density at radius 3 is 3.06 bits per heavy atom. The van der Waals surface area contributed by atoms with Gasteiger partial charge in [-0.1, -0.05) is 30.2 Å². The van der Waals surface area contributed by atoms with Crippen LogP contribution in [-0.2, 0) is 21.5 Å². The first-order valence-corrected chi connectivity index (χ1v) is 5.60. The van der Waals surface area contributed by atoms with Crippen LogP contribution in [0.1, 0.15) is 17.5 Å². The molecule has 0 heterocycles. The largest absolute Gasteiger partial charge is 0.467 e. The average Bonchev–Trinajstić information content (AvgIpc) is 2.76. The number of carbonyl (C=O) groups is 1. The number of esters is 1. The standard InChI is InChI=1S/C14H15NO2/c1-3-10-15-14(13(16)17-2)9-8-11-6-4-5-7-12(11)14/h1,4-7,15H,8-10H2,2H3. The molecule has 17 heavy (non-hydrogen) atoms. The second-order valence-electron chi connectivity index (χ2n) is 4.11. The van der Waals surface area contributed by atoms with Gasteiger partial charge in [-0.3, -0.25) is 5.32 Å². The van der Waals surface area contributed by atoms with E-state index in [2.05, 4.69) is 11.2 Å². The van der Waals surface area contributed by atoms with Crippen molar-refractivity contribution in [1.29, 1.82) is 0 Å². The fraction of sp³-hybridized carbons (Fsp3) is 0.357. The van der Waals surface area contributed by atoms with E-state index in [9.17, 15) is 4.79 Å². The number of nitrogens with one attached hydrogen (secondary N) is 1. The number of rotatable bonds is 3. The van der Waals surface area contributed by atoms with Crippen LogP contribution in [0.3, 0.4) is 0 Å². The minimum Gasteiger partial charge on any atom is -0.467 e. The van der Waals surface area contributed by atoms with Crippen molar-refractivity contribution in [3.63, 3.8) is 0 Å². The Labute approximate surface area is 101 Å². The number of methoxy groups -OCH3 is 1. The highest BCUT2D eigenvalue weighted by molar-refractivity contribution is 5.84. The average molecular weight is 229 g/mol. The summed E-state index contributed by atoms with van der Waals surface area (Å²) in [4.78, 5) is 12.1. The number of terminal acetylenes is 1. The molecule has 1 aromatic carbocycles. The van der Waals surface area contributed by atoms with Crippen molar-refractivity contribution in [3.05, 3.63) is 35.4 Å². The van der Waals surface area contributed by atoms with E-state index in [1.165, 1.54) is 12.7 Å². The summed E-state index contributed by atoms with van der Waals surface area (Å²) in [5.74, 6) is 2.24. The van der Waals surface area contributed by atoms with E-state index >= 15 is 0 Å². The van der Waals surface area contributed by atoms with Gasteiger partial charge in [0.25, 0.3) is 0 Å². The van der Waals surface area contributed by atoms with Crippen LogP contribution in [0.25, 0.3) is 0 Å². The van der Waals surface area contributed by atoms with E-state index in [0.717, 1.165) is 12.0 Å². The summed E-state index contributed by atoms with van der Waals surface area (Å²) in [5.41, 5.74) is 1.40. The molecule has 0 bridgehead atoms. The molecule has 0 fully saturated rings. The van der Waals surface area contributed by atoms with Crippen LogP contribution in [0.4, 0.5) is 0 Å². The van der Waals surface area contributed by atoms with Crippen LogP contribution >= 0.6 is 0 Å². The van der Waals surface area contributed by atoms with Gasteiger partial charge in [0, 0.05) is 0 Å². The summed E-state index contributed by atoms with van der Waals surface area (Å²) in [6.07, 6.45) is 6.82. The zero-order valence-electron chi connectivity index (χ0n) is 9.82. The van der Waals surface area contributed by atoms with E-state index in [1.54, 1.807) is 0 Å². The molecular weight excluding hydrogens is 214 g/mol. The molecule has 2 rings (SSSR count). The Hall–Kier alpha value is -1.79. The summed E-state index contributed by atoms with van der Waals surface area (Å²) < 4.78 is 4.92. The van der Waals surface area contributed by atoms with Gasteiger partial charge in [-0.25, -0.2) is 4.79 Å². The van der Waals surface area contributed by atoms with Gasteiger partial charge in [0.2, 0.25) is 0 Å². The topological polar surface area (TPSA) is 38.3 Å². The van der Waals surface area contributed by atoms with Crippen LogP contribution in [0.2, 0.25) is 0 Å². The van der Waals surface area contributed by atoms with Crippen molar-refractivity contribution < 1.29 is 9.53 Å². The molecule has 0 spiro atoms. The fourth-order valence-corrected chi connectivity index (χ4v) is 2.46. The van der Waals surface area contributed by atoms with E-state index in [1.807, 2.05) is 24.3 Å². The van der Waals surface area contributed by atoms with Crippen molar-refractivity contribution in [1.82, 2.24) is 5.32 Å². The predicted octanol–water partition coefficient (Wildman–Crippen LogP) is 1.22. The Balaban J connectivity index is 2.43. The number of ether oxygens (including phenoxy) is 1. The summed E-state index contributed by atoms with van der Waals surface area (Å²) in [6.45, 7) is 0.351. The molecule has 3 heteroatoms. The molecule has 1 unspecified atom stereocenters. The quantitative estimate of drug-likeness (QED) is 0.625. The number of hydrogen-bond donors (Lipinski definition) is 1. The molecule has 1 atom stereocenters. The zero-order valence-corrected chi connectivity index (χ0v) is 9.82. The molecule has 0 saturated carbocycles. The maximum absolute atomic E-state index is 12.1. The Morgan fingerprint density at radius 2 is 2.35 bits per heavy atom. The van der Waals surface area contributed by atoms with Gasteiger partial charge in [-0.15, -0.1) is 6.42 Å². The number of aryl methyl sites for hydroxylation is 1. The smallest absolute Gasteiger partial charge is 0.330 e. The van der Waals surface area contributed by atoms with Crippen molar-refractivity contribution in [2.75, 3.05) is 13.7 Å². The molecule has 88 valence electrons. The number of carbonyl (C=O) groups excluding carboxylic acids is 1. The van der Waals surface area contributed by atoms with Gasteiger partial charge in [0.1, 0.15) is 5.54 Å². The number of hydrogen-bond acceptors (Lipinski definition) is 3. The maximum Gasteiger partial charge on any atom is 0.330 e. The second-order valence-corrected chi connectivity index (χ2v) is 4.11. The zero-order chi connectivity index (χ0) is 12.3. The van der Waals surface area contributed by atoms with Gasteiger partial charge < -0.3 is 4.74 Å². The normalized spacial score (nSPS) is 21.6. The van der Waals surface area contributed by atoms with E-state index in [-0.39, 0.29) is 5.97 Å². The molecule has 0 radical (unpaired) electrons. The van der Waals surface area contributed by atoms with Gasteiger partial charge in [-0.05, 0) is 24.0 Å². The molecule has 0 aliphatic heterocycles. The van der Waals surface area contributed by atoms with Crippen LogP contribution in [0.5, 0.6) is 0 Å². The summed E-state index contributed by atoms with van der Waals surface area (Å²) in [5, 5.41) is 3.14. The third-order valence-electron chi connectivity index (χ3n) is 3.27. The van der Waals surface area contributed by atoms with Gasteiger partial charge in [0.15, 0.2) is 0 Å². The molecule has 0 saturated heterocycles. The summed E-state index contributed by atoms with van der Waals surface area (Å²) in [7, 11) is 1.41. The van der Waals surface area contributed by atoms with Crippen LogP contribution < -0.4 is 5.32 Å². The van der Waals surface area contributed by atoms with Gasteiger partial charge in [0.05, 0.1) is 13.7 Å². The van der Waals surface area contributed by atoms with E-state index < -0.39 is 5.54 Å². The third-order valence-corrected chi connectivity index (χ3v) is 3.27. The third kappa shape index (κ3) is 1.81. The molecular formula is C14H15NO2. The Bertz CT molecular complexity index is 475. The first-order chi connectivity index (χ1) is 8.24. The molecule has 1 N–H and O–H groups in total. The Kier molecular flexibility index (Phi) is 3.16. The van der Waals surface area contributed by atoms with Gasteiger partial charge in [-0.2, -0.15) is 0 Å². The first-order valence-electron chi connectivity index (χ1n) is 5.60. The Morgan fingerprint density at radius 1 is 1.59 bits per heavy atom. The predicted molar refractivity (Wildman–Crippen MR) is 65.3 cm³/mol. The monoisotopic (exact) mass is 229 g/mol. The minimum absolute atomic E-state index is 0.266. The van der Waals surface area contributed by atoms with Crippen molar-refractivity contribution in [2.45, 2.75) is 18.4 Å². The van der Waals surface area contributed by atoms with Crippen LogP contribution in [-0.4, -0.2) is 19.6 Å². The molecule has 1 aliphatic rings. The fourth-order valence-electron chi connectivity index (χ4n) is 2.46. The number of benzene rings is 1. The first kappa shape index (κ1) is 11.7. The van der Waals surface area contributed by atoms with Crippen LogP contribution in [0, 0.1) is 12.3 Å². The van der Waals surface area contributed by atoms with E-state index in [0.29, 0.717) is 13.0 Å². The van der Waals surface area contributed by atoms with Crippen molar-refractivity contribution in [3.8, 4) is 12.3 Å². The molecule has 0 amide bonds. The van der Waals surface area contributed by atoms with Crippen molar-refractivity contribution >= 4 is 5.97 Å². The summed E-state index contributed by atoms with van der Waals surface area (Å²) >= 11 is 0. The highest BCUT2D eigenvalue weighted by atomic mass is 16.5. The second kappa shape index (κ2) is 4.60. The molecule has 1 aliphatic carbocycles. The highest BCUT2D eigenvalue weighted by Gasteiger charge is 2.45. The van der Waals surface area contributed by atoms with E-state index in [4.69, 9.17) is 11.2 Å². The lowest BCUT2D eigenvalue weighted by Crippen LogP contribution is -2.48. The summed E-state index contributed by atoms with van der Waals surface area (Å²) in [6, 6.07) is 7.91. The van der Waals surface area contributed by atoms with Crippen molar-refractivity contribution in [2.24, 2.45) is 0 Å². The lowest BCUT2D eigenvalue weighted by atomic mass is 9.91. The lowest BCUT2D eigenvalue weighted by molar-refractivity contribution is -0.149. The molecule has 3 nitrogen and oxygen atoms in total. The van der Waals surface area contributed by atoms with Crippen LogP contribution in [0.15, 0.2) is 24.3 Å². The molecule has 0 aromatic heterocycles. The highest BCUT2D eigenvalue weighted by Crippen LogP contribution is 2.37. The lowest BCUT2D eigenvalue weighted by Gasteiger charge is -2.27. The SMILES string of the molecule is C#CCNC1(C(=O)OC)CCc2ccccc21. The molecule has 1 aromatic rings. The van der Waals surface area contributed by atoms with Gasteiger partial charge >= 0.3 is 5.97 Å². The minimum atomic E-state index is -0.766. The maximum atomic E-state index is 12.1. The number of fused-ring (bicyclic) bond motifs is 1.